The summed E-state index contributed by atoms with van der Waals surface area (Å²) in [6, 6.07) is 6.27. The standard InChI is InChI=1S/C15H24BrNO/c1-3-17-11-7-5-6-8-13-12-14(16)9-10-15(13)18-4-2/h9-10,12,17H,3-8,11H2,1-2H3. The van der Waals surface area contributed by atoms with Crippen molar-refractivity contribution in [3.05, 3.63) is 28.2 Å². The smallest absolute Gasteiger partial charge is 0.122 e. The van der Waals surface area contributed by atoms with E-state index in [-0.39, 0.29) is 0 Å². The normalized spacial score (nSPS) is 10.6. The highest BCUT2D eigenvalue weighted by Crippen LogP contribution is 2.25. The zero-order valence-corrected chi connectivity index (χ0v) is 13.1. The fraction of sp³-hybridized carbons (Fsp3) is 0.600. The van der Waals surface area contributed by atoms with Gasteiger partial charge in [0.1, 0.15) is 5.75 Å². The molecular formula is C15H24BrNO. The van der Waals surface area contributed by atoms with Crippen LogP contribution in [0.5, 0.6) is 5.75 Å². The summed E-state index contributed by atoms with van der Waals surface area (Å²) in [5, 5.41) is 3.36. The lowest BCUT2D eigenvalue weighted by atomic mass is 10.1. The van der Waals surface area contributed by atoms with Crippen LogP contribution in [0.4, 0.5) is 0 Å². The molecule has 0 saturated heterocycles. The fourth-order valence-corrected chi connectivity index (χ4v) is 2.37. The van der Waals surface area contributed by atoms with E-state index in [1.165, 1.54) is 24.8 Å². The summed E-state index contributed by atoms with van der Waals surface area (Å²) >= 11 is 3.53. The first-order valence-electron chi connectivity index (χ1n) is 6.89. The van der Waals surface area contributed by atoms with Crippen LogP contribution in [0.2, 0.25) is 0 Å². The molecule has 0 bridgehead atoms. The van der Waals surface area contributed by atoms with Crippen molar-refractivity contribution in [2.24, 2.45) is 0 Å². The molecule has 0 radical (unpaired) electrons. The maximum absolute atomic E-state index is 5.65. The van der Waals surface area contributed by atoms with Gasteiger partial charge in [0.15, 0.2) is 0 Å². The molecule has 1 aromatic rings. The fourth-order valence-electron chi connectivity index (χ4n) is 1.96. The zero-order chi connectivity index (χ0) is 13.2. The van der Waals surface area contributed by atoms with Crippen LogP contribution in [0.15, 0.2) is 22.7 Å². The molecule has 0 amide bonds. The van der Waals surface area contributed by atoms with Crippen LogP contribution < -0.4 is 10.1 Å². The van der Waals surface area contributed by atoms with Gasteiger partial charge < -0.3 is 10.1 Å². The molecule has 0 heterocycles. The van der Waals surface area contributed by atoms with Gasteiger partial charge in [-0.2, -0.15) is 0 Å². The molecule has 1 N–H and O–H groups in total. The van der Waals surface area contributed by atoms with E-state index in [9.17, 15) is 0 Å². The van der Waals surface area contributed by atoms with E-state index < -0.39 is 0 Å². The predicted molar refractivity (Wildman–Crippen MR) is 81.4 cm³/mol. The number of benzene rings is 1. The van der Waals surface area contributed by atoms with Crippen LogP contribution in [0, 0.1) is 0 Å². The number of rotatable bonds is 9. The number of unbranched alkanes of at least 4 members (excludes halogenated alkanes) is 2. The largest absolute Gasteiger partial charge is 0.494 e. The van der Waals surface area contributed by atoms with E-state index in [1.807, 2.05) is 13.0 Å². The molecule has 18 heavy (non-hydrogen) atoms. The summed E-state index contributed by atoms with van der Waals surface area (Å²) in [5.41, 5.74) is 1.31. The van der Waals surface area contributed by atoms with Gasteiger partial charge in [-0.05, 0) is 63.0 Å². The lowest BCUT2D eigenvalue weighted by Gasteiger charge is -2.10. The number of aryl methyl sites for hydroxylation is 1. The minimum absolute atomic E-state index is 0.731. The quantitative estimate of drug-likeness (QED) is 0.691. The van der Waals surface area contributed by atoms with Crippen LogP contribution >= 0.6 is 15.9 Å². The number of hydrogen-bond donors (Lipinski definition) is 1. The molecule has 1 rings (SSSR count). The van der Waals surface area contributed by atoms with Gasteiger partial charge in [0.05, 0.1) is 6.61 Å². The molecule has 0 spiro atoms. The molecule has 0 unspecified atom stereocenters. The van der Waals surface area contributed by atoms with Gasteiger partial charge in [0, 0.05) is 4.47 Å². The summed E-state index contributed by atoms with van der Waals surface area (Å²) < 4.78 is 6.79. The summed E-state index contributed by atoms with van der Waals surface area (Å²) in [4.78, 5) is 0. The van der Waals surface area contributed by atoms with Crippen molar-refractivity contribution >= 4 is 15.9 Å². The monoisotopic (exact) mass is 313 g/mol. The third kappa shape index (κ3) is 5.87. The predicted octanol–water partition coefficient (Wildman–Crippen LogP) is 4.17. The molecule has 0 aliphatic carbocycles. The summed E-state index contributed by atoms with van der Waals surface area (Å²) in [6.07, 6.45) is 4.85. The second-order valence-corrected chi connectivity index (χ2v) is 5.26. The number of halogens is 1. The molecular weight excluding hydrogens is 290 g/mol. The van der Waals surface area contributed by atoms with Gasteiger partial charge in [-0.3, -0.25) is 0 Å². The van der Waals surface area contributed by atoms with Crippen LogP contribution in [0.1, 0.15) is 38.7 Å². The molecule has 102 valence electrons. The highest BCUT2D eigenvalue weighted by molar-refractivity contribution is 9.10. The molecule has 0 atom stereocenters. The Kier molecular flexibility index (Phi) is 8.10. The summed E-state index contributed by atoms with van der Waals surface area (Å²) in [5.74, 6) is 1.03. The van der Waals surface area contributed by atoms with Crippen molar-refractivity contribution in [3.8, 4) is 5.75 Å². The second kappa shape index (κ2) is 9.40. The second-order valence-electron chi connectivity index (χ2n) is 4.35. The highest BCUT2D eigenvalue weighted by atomic mass is 79.9. The van der Waals surface area contributed by atoms with E-state index in [0.717, 1.165) is 36.3 Å². The van der Waals surface area contributed by atoms with E-state index in [0.29, 0.717) is 0 Å². The van der Waals surface area contributed by atoms with Gasteiger partial charge in [-0.1, -0.05) is 29.3 Å². The summed E-state index contributed by atoms with van der Waals surface area (Å²) in [7, 11) is 0. The Morgan fingerprint density at radius 1 is 1.17 bits per heavy atom. The van der Waals surface area contributed by atoms with E-state index >= 15 is 0 Å². The molecule has 0 saturated carbocycles. The Bertz CT molecular complexity index is 341. The van der Waals surface area contributed by atoms with Gasteiger partial charge in [-0.25, -0.2) is 0 Å². The third-order valence-corrected chi connectivity index (χ3v) is 3.37. The Labute approximate surface area is 119 Å². The Hall–Kier alpha value is -0.540. The maximum Gasteiger partial charge on any atom is 0.122 e. The van der Waals surface area contributed by atoms with Crippen LogP contribution in [-0.4, -0.2) is 19.7 Å². The van der Waals surface area contributed by atoms with Crippen molar-refractivity contribution in [1.29, 1.82) is 0 Å². The topological polar surface area (TPSA) is 21.3 Å². The van der Waals surface area contributed by atoms with Gasteiger partial charge >= 0.3 is 0 Å². The molecule has 2 nitrogen and oxygen atoms in total. The van der Waals surface area contributed by atoms with Crippen molar-refractivity contribution in [2.75, 3.05) is 19.7 Å². The van der Waals surface area contributed by atoms with E-state index in [1.54, 1.807) is 0 Å². The third-order valence-electron chi connectivity index (χ3n) is 2.87. The summed E-state index contributed by atoms with van der Waals surface area (Å²) in [6.45, 7) is 7.11. The van der Waals surface area contributed by atoms with Gasteiger partial charge in [-0.15, -0.1) is 0 Å². The van der Waals surface area contributed by atoms with E-state index in [4.69, 9.17) is 4.74 Å². The molecule has 1 aromatic carbocycles. The Morgan fingerprint density at radius 2 is 2.00 bits per heavy atom. The molecule has 0 aliphatic heterocycles. The number of hydrogen-bond acceptors (Lipinski definition) is 2. The number of nitrogens with one attached hydrogen (secondary N) is 1. The average molecular weight is 314 g/mol. The molecule has 0 aromatic heterocycles. The van der Waals surface area contributed by atoms with Crippen molar-refractivity contribution in [1.82, 2.24) is 5.32 Å². The van der Waals surface area contributed by atoms with Crippen molar-refractivity contribution < 1.29 is 4.74 Å². The SMILES string of the molecule is CCNCCCCCc1cc(Br)ccc1OCC. The minimum atomic E-state index is 0.731. The number of ether oxygens (including phenoxy) is 1. The Balaban J connectivity index is 2.37. The van der Waals surface area contributed by atoms with Gasteiger partial charge in [0.2, 0.25) is 0 Å². The molecule has 0 fully saturated rings. The molecule has 3 heteroatoms. The maximum atomic E-state index is 5.65. The first kappa shape index (κ1) is 15.5. The first-order chi connectivity index (χ1) is 8.77. The lowest BCUT2D eigenvalue weighted by molar-refractivity contribution is 0.336. The zero-order valence-electron chi connectivity index (χ0n) is 11.5. The van der Waals surface area contributed by atoms with Crippen molar-refractivity contribution in [3.63, 3.8) is 0 Å². The van der Waals surface area contributed by atoms with E-state index in [2.05, 4.69) is 40.3 Å². The minimum Gasteiger partial charge on any atom is -0.494 e. The lowest BCUT2D eigenvalue weighted by Crippen LogP contribution is -2.13. The van der Waals surface area contributed by atoms with Gasteiger partial charge in [0.25, 0.3) is 0 Å². The van der Waals surface area contributed by atoms with Crippen LogP contribution in [0.3, 0.4) is 0 Å². The van der Waals surface area contributed by atoms with Crippen molar-refractivity contribution in [2.45, 2.75) is 39.5 Å². The first-order valence-corrected chi connectivity index (χ1v) is 7.69. The average Bonchev–Trinajstić information content (AvgIpc) is 2.37. The highest BCUT2D eigenvalue weighted by Gasteiger charge is 2.04. The molecule has 0 aliphatic rings. The van der Waals surface area contributed by atoms with Crippen LogP contribution in [-0.2, 0) is 6.42 Å². The Morgan fingerprint density at radius 3 is 2.72 bits per heavy atom. The van der Waals surface area contributed by atoms with Crippen LogP contribution in [0.25, 0.3) is 0 Å².